The molecule has 1 aliphatic rings. The number of nitro benzene ring substituents is 1. The first-order valence-corrected chi connectivity index (χ1v) is 6.03. The molecule has 0 radical (unpaired) electrons. The Balaban J connectivity index is 2.04. The Kier molecular flexibility index (Phi) is 3.81. The van der Waals surface area contributed by atoms with Crippen molar-refractivity contribution in [2.24, 2.45) is 5.92 Å². The second-order valence-corrected chi connectivity index (χ2v) is 4.45. The molecule has 2 rings (SSSR count). The van der Waals surface area contributed by atoms with Crippen LogP contribution in [0.2, 0.25) is 0 Å². The van der Waals surface area contributed by atoms with Crippen LogP contribution < -0.4 is 0 Å². The maximum Gasteiger partial charge on any atom is 0.338 e. The monoisotopic (exact) mass is 259 g/mol. The van der Waals surface area contributed by atoms with Gasteiger partial charge in [0.25, 0.3) is 5.69 Å². The average molecular weight is 259 g/mol. The molecule has 0 saturated heterocycles. The minimum Gasteiger partial charge on any atom is -0.457 e. The summed E-state index contributed by atoms with van der Waals surface area (Å²) in [5.41, 5.74) is 0.243. The number of nitrogens with zero attached hydrogens (tertiary/aromatic N) is 1. The summed E-state index contributed by atoms with van der Waals surface area (Å²) in [5, 5.41) is 10.5. The van der Waals surface area contributed by atoms with Crippen LogP contribution in [0, 0.1) is 28.4 Å². The first-order valence-electron chi connectivity index (χ1n) is 6.03. The zero-order valence-electron chi connectivity index (χ0n) is 10.2. The molecule has 0 N–H and O–H groups in total. The summed E-state index contributed by atoms with van der Waals surface area (Å²) in [6.45, 7) is 0. The molecule has 2 atom stereocenters. The minimum absolute atomic E-state index is 0.0259. The third-order valence-electron chi connectivity index (χ3n) is 3.24. The van der Waals surface area contributed by atoms with Gasteiger partial charge in [-0.05, 0) is 31.4 Å². The molecule has 19 heavy (non-hydrogen) atoms. The van der Waals surface area contributed by atoms with Crippen molar-refractivity contribution < 1.29 is 14.5 Å². The van der Waals surface area contributed by atoms with Gasteiger partial charge in [0, 0.05) is 12.1 Å². The van der Waals surface area contributed by atoms with E-state index in [9.17, 15) is 14.9 Å². The van der Waals surface area contributed by atoms with E-state index < -0.39 is 10.9 Å². The molecular formula is C14H13NO4. The topological polar surface area (TPSA) is 69.4 Å². The van der Waals surface area contributed by atoms with E-state index in [0.717, 1.165) is 19.3 Å². The van der Waals surface area contributed by atoms with Crippen LogP contribution in [-0.4, -0.2) is 17.0 Å². The van der Waals surface area contributed by atoms with E-state index in [1.807, 2.05) is 0 Å². The standard InChI is InChI=1S/C14H13NO4/c1-2-10-4-3-5-13(10)19-14(16)11-6-8-12(9-7-11)15(17)18/h1,6-10,13H,3-5H2/t10-,13+/m1/s1. The number of esters is 1. The van der Waals surface area contributed by atoms with Crippen LogP contribution in [-0.2, 0) is 4.74 Å². The number of ether oxygens (including phenoxy) is 1. The average Bonchev–Trinajstić information content (AvgIpc) is 2.86. The molecule has 5 heteroatoms. The van der Waals surface area contributed by atoms with Crippen molar-refractivity contribution in [2.75, 3.05) is 0 Å². The Hall–Kier alpha value is -2.35. The van der Waals surface area contributed by atoms with Crippen LogP contribution in [0.4, 0.5) is 5.69 Å². The van der Waals surface area contributed by atoms with Crippen molar-refractivity contribution in [3.63, 3.8) is 0 Å². The van der Waals surface area contributed by atoms with E-state index in [0.29, 0.717) is 5.56 Å². The van der Waals surface area contributed by atoms with E-state index >= 15 is 0 Å². The lowest BCUT2D eigenvalue weighted by Crippen LogP contribution is -2.21. The molecule has 1 fully saturated rings. The zero-order valence-corrected chi connectivity index (χ0v) is 10.2. The van der Waals surface area contributed by atoms with Crippen molar-refractivity contribution in [2.45, 2.75) is 25.4 Å². The smallest absolute Gasteiger partial charge is 0.338 e. The molecule has 5 nitrogen and oxygen atoms in total. The van der Waals surface area contributed by atoms with E-state index in [-0.39, 0.29) is 17.7 Å². The van der Waals surface area contributed by atoms with Gasteiger partial charge in [-0.1, -0.05) is 5.92 Å². The Labute approximate surface area is 110 Å². The van der Waals surface area contributed by atoms with E-state index in [1.165, 1.54) is 24.3 Å². The highest BCUT2D eigenvalue weighted by atomic mass is 16.6. The summed E-state index contributed by atoms with van der Waals surface area (Å²) in [6, 6.07) is 5.34. The summed E-state index contributed by atoms with van der Waals surface area (Å²) >= 11 is 0. The van der Waals surface area contributed by atoms with Gasteiger partial charge in [-0.2, -0.15) is 0 Å². The summed E-state index contributed by atoms with van der Waals surface area (Å²) in [6.07, 6.45) is 7.73. The van der Waals surface area contributed by atoms with Gasteiger partial charge >= 0.3 is 5.97 Å². The molecule has 0 amide bonds. The number of nitro groups is 1. The SMILES string of the molecule is C#C[C@@H]1CCC[C@@H]1OC(=O)c1ccc([N+](=O)[O-])cc1. The number of terminal acetylenes is 1. The molecule has 0 bridgehead atoms. The fourth-order valence-electron chi connectivity index (χ4n) is 2.18. The normalized spacial score (nSPS) is 21.6. The van der Waals surface area contributed by atoms with Gasteiger partial charge in [-0.3, -0.25) is 10.1 Å². The van der Waals surface area contributed by atoms with Crippen LogP contribution >= 0.6 is 0 Å². The van der Waals surface area contributed by atoms with Crippen molar-refractivity contribution in [1.82, 2.24) is 0 Å². The third-order valence-corrected chi connectivity index (χ3v) is 3.24. The second-order valence-electron chi connectivity index (χ2n) is 4.45. The van der Waals surface area contributed by atoms with E-state index in [1.54, 1.807) is 0 Å². The van der Waals surface area contributed by atoms with Crippen molar-refractivity contribution >= 4 is 11.7 Å². The van der Waals surface area contributed by atoms with Gasteiger partial charge in [0.2, 0.25) is 0 Å². The van der Waals surface area contributed by atoms with E-state index in [4.69, 9.17) is 11.2 Å². The number of carbonyl (C=O) groups excluding carboxylic acids is 1. The molecule has 1 aromatic carbocycles. The molecular weight excluding hydrogens is 246 g/mol. The lowest BCUT2D eigenvalue weighted by atomic mass is 10.1. The summed E-state index contributed by atoms with van der Waals surface area (Å²) in [4.78, 5) is 21.9. The highest BCUT2D eigenvalue weighted by Gasteiger charge is 2.29. The van der Waals surface area contributed by atoms with Crippen molar-refractivity contribution in [1.29, 1.82) is 0 Å². The first-order chi connectivity index (χ1) is 9.11. The summed E-state index contributed by atoms with van der Waals surface area (Å²) < 4.78 is 5.35. The number of hydrogen-bond donors (Lipinski definition) is 0. The first kappa shape index (κ1) is 13.1. The number of benzene rings is 1. The number of rotatable bonds is 3. The minimum atomic E-state index is -0.513. The maximum atomic E-state index is 11.9. The molecule has 0 heterocycles. The van der Waals surface area contributed by atoms with Crippen molar-refractivity contribution in [3.05, 3.63) is 39.9 Å². The van der Waals surface area contributed by atoms with E-state index in [2.05, 4.69) is 5.92 Å². The molecule has 1 aliphatic carbocycles. The zero-order chi connectivity index (χ0) is 13.8. The lowest BCUT2D eigenvalue weighted by Gasteiger charge is -2.15. The molecule has 0 aromatic heterocycles. The molecule has 0 spiro atoms. The number of carbonyl (C=O) groups is 1. The predicted molar refractivity (Wildman–Crippen MR) is 68.5 cm³/mol. The summed E-state index contributed by atoms with van der Waals surface area (Å²) in [5.74, 6) is 2.12. The quantitative estimate of drug-likeness (QED) is 0.362. The maximum absolute atomic E-state index is 11.9. The van der Waals surface area contributed by atoms with Gasteiger partial charge in [-0.25, -0.2) is 4.79 Å². The fourth-order valence-corrected chi connectivity index (χ4v) is 2.18. The van der Waals surface area contributed by atoms with Gasteiger partial charge < -0.3 is 4.74 Å². The van der Waals surface area contributed by atoms with Gasteiger partial charge in [0.05, 0.1) is 16.4 Å². The molecule has 1 saturated carbocycles. The summed E-state index contributed by atoms with van der Waals surface area (Å²) in [7, 11) is 0. The molecule has 98 valence electrons. The predicted octanol–water partition coefficient (Wildman–Crippen LogP) is 2.55. The second kappa shape index (κ2) is 5.53. The van der Waals surface area contributed by atoms with Crippen molar-refractivity contribution in [3.8, 4) is 12.3 Å². The molecule has 0 aliphatic heterocycles. The van der Waals surface area contributed by atoms with Gasteiger partial charge in [0.1, 0.15) is 6.10 Å². The van der Waals surface area contributed by atoms with Crippen LogP contribution in [0.25, 0.3) is 0 Å². The molecule has 1 aromatic rings. The van der Waals surface area contributed by atoms with Gasteiger partial charge in [-0.15, -0.1) is 6.42 Å². The highest BCUT2D eigenvalue weighted by molar-refractivity contribution is 5.89. The Morgan fingerprint density at radius 2 is 2.05 bits per heavy atom. The number of hydrogen-bond acceptors (Lipinski definition) is 4. The highest BCUT2D eigenvalue weighted by Crippen LogP contribution is 2.28. The lowest BCUT2D eigenvalue weighted by molar-refractivity contribution is -0.384. The Morgan fingerprint density at radius 1 is 1.37 bits per heavy atom. The van der Waals surface area contributed by atoms with Crippen LogP contribution in [0.5, 0.6) is 0 Å². The Morgan fingerprint density at radius 3 is 2.63 bits per heavy atom. The molecule has 0 unspecified atom stereocenters. The van der Waals surface area contributed by atoms with Crippen LogP contribution in [0.15, 0.2) is 24.3 Å². The van der Waals surface area contributed by atoms with Gasteiger partial charge in [0.15, 0.2) is 0 Å². The Bertz CT molecular complexity index is 529. The van der Waals surface area contributed by atoms with Crippen LogP contribution in [0.3, 0.4) is 0 Å². The number of non-ortho nitro benzene ring substituents is 1. The third kappa shape index (κ3) is 2.91. The largest absolute Gasteiger partial charge is 0.457 e. The van der Waals surface area contributed by atoms with Crippen LogP contribution in [0.1, 0.15) is 29.6 Å². The fraction of sp³-hybridized carbons (Fsp3) is 0.357.